The van der Waals surface area contributed by atoms with Crippen LogP contribution < -0.4 is 5.32 Å². The molecule has 1 N–H and O–H groups in total. The number of likely N-dealkylation sites (N-methyl/N-ethyl adjacent to an activating group) is 1. The van der Waals surface area contributed by atoms with Crippen LogP contribution in [0.5, 0.6) is 0 Å². The van der Waals surface area contributed by atoms with Gasteiger partial charge in [0.1, 0.15) is 12.2 Å². The molecule has 4 nitrogen and oxygen atoms in total. The minimum absolute atomic E-state index is 0.0917. The van der Waals surface area contributed by atoms with Crippen molar-refractivity contribution in [2.75, 3.05) is 20.1 Å². The summed E-state index contributed by atoms with van der Waals surface area (Å²) in [4.78, 5) is 13.8. The van der Waals surface area contributed by atoms with Crippen LogP contribution in [0.25, 0.3) is 0 Å². The second-order valence-corrected chi connectivity index (χ2v) is 4.66. The molecule has 1 saturated heterocycles. The summed E-state index contributed by atoms with van der Waals surface area (Å²) in [6.45, 7) is -0.0293. The maximum Gasteiger partial charge on any atom is 0.406 e. The maximum atomic E-state index is 12.4. The molecule has 1 aliphatic rings. The normalized spacial score (nSPS) is 20.0. The Morgan fingerprint density at radius 3 is 2.84 bits per heavy atom. The van der Waals surface area contributed by atoms with Gasteiger partial charge in [-0.15, -0.1) is 0 Å². The monoisotopic (exact) mass is 275 g/mol. The van der Waals surface area contributed by atoms with Crippen molar-refractivity contribution in [3.63, 3.8) is 0 Å². The highest BCUT2D eigenvalue weighted by Gasteiger charge is 2.32. The lowest BCUT2D eigenvalue weighted by Crippen LogP contribution is -2.35. The van der Waals surface area contributed by atoms with Crippen LogP contribution in [-0.4, -0.2) is 47.7 Å². The quantitative estimate of drug-likeness (QED) is 0.907. The van der Waals surface area contributed by atoms with Crippen LogP contribution in [-0.2, 0) is 6.54 Å². The molecule has 1 atom stereocenters. The molecule has 2 rings (SSSR count). The number of rotatable bonds is 3. The predicted molar refractivity (Wildman–Crippen MR) is 63.9 cm³/mol. The van der Waals surface area contributed by atoms with E-state index in [1.54, 1.807) is 4.90 Å². The van der Waals surface area contributed by atoms with Gasteiger partial charge in [0.05, 0.1) is 0 Å². The number of alkyl halides is 3. The summed E-state index contributed by atoms with van der Waals surface area (Å²) >= 11 is 0. The van der Waals surface area contributed by atoms with Gasteiger partial charge in [-0.25, -0.2) is 0 Å². The topological polar surface area (TPSA) is 37.3 Å². The van der Waals surface area contributed by atoms with E-state index in [9.17, 15) is 18.0 Å². The van der Waals surface area contributed by atoms with Crippen LogP contribution in [0.1, 0.15) is 16.9 Å². The van der Waals surface area contributed by atoms with Gasteiger partial charge in [0.15, 0.2) is 0 Å². The zero-order chi connectivity index (χ0) is 14.0. The Balaban J connectivity index is 2.10. The van der Waals surface area contributed by atoms with Crippen LogP contribution in [0.3, 0.4) is 0 Å². The third kappa shape index (κ3) is 3.28. The highest BCUT2D eigenvalue weighted by molar-refractivity contribution is 5.93. The molecular weight excluding hydrogens is 259 g/mol. The van der Waals surface area contributed by atoms with Gasteiger partial charge in [-0.3, -0.25) is 4.79 Å². The summed E-state index contributed by atoms with van der Waals surface area (Å²) in [6, 6.07) is 3.11. The number of likely N-dealkylation sites (tertiary alicyclic amines) is 1. The minimum atomic E-state index is -4.33. The molecule has 0 aliphatic carbocycles. The van der Waals surface area contributed by atoms with Crippen molar-refractivity contribution in [3.8, 4) is 0 Å². The van der Waals surface area contributed by atoms with Gasteiger partial charge in [0, 0.05) is 25.3 Å². The fourth-order valence-corrected chi connectivity index (χ4v) is 2.28. The molecule has 1 fully saturated rings. The largest absolute Gasteiger partial charge is 0.406 e. The van der Waals surface area contributed by atoms with Gasteiger partial charge in [-0.2, -0.15) is 13.2 Å². The van der Waals surface area contributed by atoms with Gasteiger partial charge in [0.25, 0.3) is 5.91 Å². The van der Waals surface area contributed by atoms with Crippen molar-refractivity contribution < 1.29 is 18.0 Å². The fraction of sp³-hybridized carbons (Fsp3) is 0.583. The number of nitrogens with one attached hydrogen (secondary N) is 1. The van der Waals surface area contributed by atoms with Gasteiger partial charge in [-0.05, 0) is 25.6 Å². The number of halogens is 3. The molecule has 0 radical (unpaired) electrons. The fourth-order valence-electron chi connectivity index (χ4n) is 2.28. The van der Waals surface area contributed by atoms with Gasteiger partial charge >= 0.3 is 6.18 Å². The van der Waals surface area contributed by atoms with Crippen molar-refractivity contribution >= 4 is 5.91 Å². The smallest absolute Gasteiger partial charge is 0.336 e. The lowest BCUT2D eigenvalue weighted by molar-refractivity contribution is -0.140. The number of aromatic nitrogens is 1. The molecule has 19 heavy (non-hydrogen) atoms. The van der Waals surface area contributed by atoms with Crippen molar-refractivity contribution in [2.45, 2.75) is 25.2 Å². The molecule has 1 aliphatic heterocycles. The minimum Gasteiger partial charge on any atom is -0.336 e. The van der Waals surface area contributed by atoms with E-state index in [4.69, 9.17) is 0 Å². The number of hydrogen-bond acceptors (Lipinski definition) is 2. The van der Waals surface area contributed by atoms with Gasteiger partial charge in [0.2, 0.25) is 0 Å². The molecule has 1 unspecified atom stereocenters. The first-order chi connectivity index (χ1) is 8.90. The van der Waals surface area contributed by atoms with Crippen LogP contribution >= 0.6 is 0 Å². The Labute approximate surface area is 109 Å². The van der Waals surface area contributed by atoms with Crippen LogP contribution in [0.2, 0.25) is 0 Å². The molecule has 2 heterocycles. The zero-order valence-electron chi connectivity index (χ0n) is 10.6. The Bertz CT molecular complexity index is 455. The van der Waals surface area contributed by atoms with Crippen molar-refractivity contribution in [1.29, 1.82) is 0 Å². The van der Waals surface area contributed by atoms with E-state index in [1.165, 1.54) is 18.3 Å². The molecule has 1 amide bonds. The number of nitrogens with zero attached hydrogens (tertiary/aromatic N) is 2. The van der Waals surface area contributed by atoms with Crippen molar-refractivity contribution in [1.82, 2.24) is 14.8 Å². The Kier molecular flexibility index (Phi) is 3.84. The average molecular weight is 275 g/mol. The van der Waals surface area contributed by atoms with E-state index in [0.717, 1.165) is 11.0 Å². The van der Waals surface area contributed by atoms with Gasteiger partial charge < -0.3 is 14.8 Å². The number of amides is 1. The third-order valence-corrected chi connectivity index (χ3v) is 3.28. The van der Waals surface area contributed by atoms with Crippen molar-refractivity contribution in [3.05, 3.63) is 24.0 Å². The summed E-state index contributed by atoms with van der Waals surface area (Å²) in [7, 11) is 1.81. The van der Waals surface area contributed by atoms with Gasteiger partial charge in [-0.1, -0.05) is 0 Å². The number of hydrogen-bond donors (Lipinski definition) is 1. The molecule has 106 valence electrons. The summed E-state index contributed by atoms with van der Waals surface area (Å²) in [5.74, 6) is -0.341. The lowest BCUT2D eigenvalue weighted by Gasteiger charge is -2.18. The van der Waals surface area contributed by atoms with E-state index < -0.39 is 12.7 Å². The Hall–Kier alpha value is -1.50. The SMILES string of the molecule is CNC1CCN(C(=O)c2cccn2CC(F)(F)F)C1. The van der Waals surface area contributed by atoms with Crippen LogP contribution in [0, 0.1) is 0 Å². The predicted octanol–water partition coefficient (Wildman–Crippen LogP) is 1.48. The molecular formula is C12H16F3N3O. The first-order valence-electron chi connectivity index (χ1n) is 6.09. The Morgan fingerprint density at radius 2 is 2.26 bits per heavy atom. The summed E-state index contributed by atoms with van der Waals surface area (Å²) < 4.78 is 38.2. The maximum absolute atomic E-state index is 12.4. The van der Waals surface area contributed by atoms with Crippen molar-refractivity contribution in [2.24, 2.45) is 0 Å². The molecule has 1 aromatic heterocycles. The highest BCUT2D eigenvalue weighted by atomic mass is 19.4. The Morgan fingerprint density at radius 1 is 1.53 bits per heavy atom. The third-order valence-electron chi connectivity index (χ3n) is 3.28. The van der Waals surface area contributed by atoms with E-state index in [1.807, 2.05) is 7.05 Å². The first-order valence-corrected chi connectivity index (χ1v) is 6.09. The second kappa shape index (κ2) is 5.24. The average Bonchev–Trinajstić information content (AvgIpc) is 2.94. The molecule has 0 spiro atoms. The summed E-state index contributed by atoms with van der Waals surface area (Å²) in [5.41, 5.74) is 0.0917. The summed E-state index contributed by atoms with van der Waals surface area (Å²) in [6.07, 6.45) is -2.22. The van der Waals surface area contributed by atoms with Crippen LogP contribution in [0.15, 0.2) is 18.3 Å². The van der Waals surface area contributed by atoms with E-state index in [-0.39, 0.29) is 17.6 Å². The zero-order valence-corrected chi connectivity index (χ0v) is 10.6. The van der Waals surface area contributed by atoms with E-state index in [0.29, 0.717) is 13.1 Å². The highest BCUT2D eigenvalue weighted by Crippen LogP contribution is 2.20. The number of carbonyl (C=O) groups excluding carboxylic acids is 1. The second-order valence-electron chi connectivity index (χ2n) is 4.66. The molecule has 7 heteroatoms. The van der Waals surface area contributed by atoms with E-state index in [2.05, 4.69) is 5.32 Å². The first kappa shape index (κ1) is 13.9. The van der Waals surface area contributed by atoms with E-state index >= 15 is 0 Å². The standard InChI is InChI=1S/C12H16F3N3O/c1-16-9-4-6-17(7-9)11(19)10-3-2-5-18(10)8-12(13,14)15/h2-3,5,9,16H,4,6-8H2,1H3. The summed E-state index contributed by atoms with van der Waals surface area (Å²) in [5, 5.41) is 3.07. The molecule has 0 bridgehead atoms. The van der Waals surface area contributed by atoms with Crippen LogP contribution in [0.4, 0.5) is 13.2 Å². The lowest BCUT2D eigenvalue weighted by atomic mass is 10.3. The molecule has 1 aromatic rings. The molecule has 0 aromatic carbocycles. The molecule has 0 saturated carbocycles. The number of carbonyl (C=O) groups is 1.